The summed E-state index contributed by atoms with van der Waals surface area (Å²) in [5.74, 6) is 1.08. The standard InChI is InChI=1S/C12H19NO2S/c1-10-11(2)13(14)7-6-12(10)16-9-5-4-8-15-3/h6-7H,4-5,8-9H2,1-3H3. The van der Waals surface area contributed by atoms with E-state index in [1.165, 1.54) is 4.90 Å². The average molecular weight is 241 g/mol. The van der Waals surface area contributed by atoms with Crippen LogP contribution in [0.4, 0.5) is 0 Å². The highest BCUT2D eigenvalue weighted by Gasteiger charge is 2.08. The number of ether oxygens (including phenoxy) is 1. The van der Waals surface area contributed by atoms with Crippen molar-refractivity contribution >= 4 is 11.8 Å². The second-order valence-corrected chi connectivity index (χ2v) is 4.90. The highest BCUT2D eigenvalue weighted by molar-refractivity contribution is 7.99. The van der Waals surface area contributed by atoms with Crippen LogP contribution < -0.4 is 4.73 Å². The first kappa shape index (κ1) is 13.3. The van der Waals surface area contributed by atoms with Gasteiger partial charge in [-0.25, -0.2) is 0 Å². The van der Waals surface area contributed by atoms with Crippen LogP contribution in [-0.4, -0.2) is 19.5 Å². The fraction of sp³-hybridized carbons (Fsp3) is 0.583. The molecule has 0 saturated heterocycles. The molecule has 4 heteroatoms. The third-order valence-corrected chi connectivity index (χ3v) is 3.85. The number of aromatic nitrogens is 1. The van der Waals surface area contributed by atoms with Crippen LogP contribution in [0.15, 0.2) is 17.2 Å². The summed E-state index contributed by atoms with van der Waals surface area (Å²) in [6.07, 6.45) is 3.82. The Morgan fingerprint density at radius 3 is 2.81 bits per heavy atom. The van der Waals surface area contributed by atoms with Crippen molar-refractivity contribution in [1.29, 1.82) is 0 Å². The van der Waals surface area contributed by atoms with Gasteiger partial charge in [-0.1, -0.05) is 0 Å². The zero-order valence-electron chi connectivity index (χ0n) is 10.2. The lowest BCUT2D eigenvalue weighted by molar-refractivity contribution is -0.613. The van der Waals surface area contributed by atoms with Crippen LogP contribution in [0.5, 0.6) is 0 Å². The molecule has 0 bridgehead atoms. The van der Waals surface area contributed by atoms with Crippen LogP contribution in [0.2, 0.25) is 0 Å². The lowest BCUT2D eigenvalue weighted by Crippen LogP contribution is -2.30. The van der Waals surface area contributed by atoms with Crippen LogP contribution in [-0.2, 0) is 4.74 Å². The van der Waals surface area contributed by atoms with Crippen molar-refractivity contribution in [3.05, 3.63) is 28.7 Å². The molecule has 0 unspecified atom stereocenters. The van der Waals surface area contributed by atoms with Gasteiger partial charge in [0.25, 0.3) is 0 Å². The number of rotatable bonds is 6. The van der Waals surface area contributed by atoms with Gasteiger partial charge < -0.3 is 9.94 Å². The smallest absolute Gasteiger partial charge is 0.193 e. The zero-order chi connectivity index (χ0) is 12.0. The van der Waals surface area contributed by atoms with Gasteiger partial charge >= 0.3 is 0 Å². The summed E-state index contributed by atoms with van der Waals surface area (Å²) >= 11 is 1.81. The van der Waals surface area contributed by atoms with E-state index in [2.05, 4.69) is 0 Å². The van der Waals surface area contributed by atoms with Gasteiger partial charge in [-0.3, -0.25) is 0 Å². The van der Waals surface area contributed by atoms with E-state index in [-0.39, 0.29) is 0 Å². The van der Waals surface area contributed by atoms with Gasteiger partial charge in [0.2, 0.25) is 0 Å². The fourth-order valence-corrected chi connectivity index (χ4v) is 2.49. The third-order valence-electron chi connectivity index (χ3n) is 2.60. The largest absolute Gasteiger partial charge is 0.619 e. The lowest BCUT2D eigenvalue weighted by atomic mass is 10.2. The van der Waals surface area contributed by atoms with Gasteiger partial charge in [0.1, 0.15) is 0 Å². The summed E-state index contributed by atoms with van der Waals surface area (Å²) < 4.78 is 5.92. The van der Waals surface area contributed by atoms with Crippen molar-refractivity contribution in [2.24, 2.45) is 0 Å². The molecule has 0 aromatic carbocycles. The van der Waals surface area contributed by atoms with E-state index in [1.807, 2.05) is 31.7 Å². The molecule has 0 fully saturated rings. The van der Waals surface area contributed by atoms with E-state index in [9.17, 15) is 5.21 Å². The minimum absolute atomic E-state index is 0.793. The quantitative estimate of drug-likeness (QED) is 0.332. The van der Waals surface area contributed by atoms with Gasteiger partial charge in [-0.15, -0.1) is 11.8 Å². The van der Waals surface area contributed by atoms with Gasteiger partial charge in [-0.2, -0.15) is 4.73 Å². The molecule has 0 aliphatic carbocycles. The Labute approximate surface area is 101 Å². The second kappa shape index (κ2) is 6.76. The van der Waals surface area contributed by atoms with Gasteiger partial charge in [-0.05, 0) is 25.5 Å². The lowest BCUT2D eigenvalue weighted by Gasteiger charge is -2.08. The maximum absolute atomic E-state index is 11.3. The molecular weight excluding hydrogens is 222 g/mol. The third kappa shape index (κ3) is 3.68. The Bertz CT molecular complexity index is 342. The van der Waals surface area contributed by atoms with Crippen LogP contribution in [0.25, 0.3) is 0 Å². The number of unbranched alkanes of at least 4 members (excludes halogenated alkanes) is 1. The summed E-state index contributed by atoms with van der Waals surface area (Å²) in [6, 6.07) is 1.90. The maximum Gasteiger partial charge on any atom is 0.193 e. The first-order valence-corrected chi connectivity index (χ1v) is 6.46. The Morgan fingerprint density at radius 2 is 2.12 bits per heavy atom. The minimum Gasteiger partial charge on any atom is -0.619 e. The van der Waals surface area contributed by atoms with Gasteiger partial charge in [0, 0.05) is 37.2 Å². The number of pyridine rings is 1. The molecule has 0 spiro atoms. The van der Waals surface area contributed by atoms with E-state index in [1.54, 1.807) is 13.3 Å². The molecule has 1 aromatic rings. The Hall–Kier alpha value is -0.740. The van der Waals surface area contributed by atoms with Crippen LogP contribution in [0.1, 0.15) is 24.1 Å². The van der Waals surface area contributed by atoms with Crippen molar-refractivity contribution in [3.8, 4) is 0 Å². The molecule has 0 atom stereocenters. The van der Waals surface area contributed by atoms with Crippen molar-refractivity contribution in [2.45, 2.75) is 31.6 Å². The highest BCUT2D eigenvalue weighted by atomic mass is 32.2. The fourth-order valence-electron chi connectivity index (χ4n) is 1.40. The first-order chi connectivity index (χ1) is 7.66. The van der Waals surface area contributed by atoms with Crippen LogP contribution >= 0.6 is 11.8 Å². The van der Waals surface area contributed by atoms with E-state index in [4.69, 9.17) is 4.74 Å². The highest BCUT2D eigenvalue weighted by Crippen LogP contribution is 2.23. The molecule has 0 radical (unpaired) electrons. The molecule has 1 rings (SSSR count). The van der Waals surface area contributed by atoms with Crippen molar-refractivity contribution in [1.82, 2.24) is 0 Å². The van der Waals surface area contributed by atoms with E-state index in [0.29, 0.717) is 0 Å². The molecule has 1 aromatic heterocycles. The first-order valence-electron chi connectivity index (χ1n) is 5.48. The molecule has 0 saturated carbocycles. The van der Waals surface area contributed by atoms with E-state index >= 15 is 0 Å². The topological polar surface area (TPSA) is 36.2 Å². The van der Waals surface area contributed by atoms with Gasteiger partial charge in [0.05, 0.1) is 0 Å². The molecule has 16 heavy (non-hydrogen) atoms. The number of hydrogen-bond donors (Lipinski definition) is 0. The van der Waals surface area contributed by atoms with Gasteiger partial charge in [0.15, 0.2) is 11.9 Å². The average Bonchev–Trinajstić information content (AvgIpc) is 2.28. The zero-order valence-corrected chi connectivity index (χ0v) is 11.0. The molecule has 3 nitrogen and oxygen atoms in total. The minimum atomic E-state index is 0.793. The van der Waals surface area contributed by atoms with Crippen molar-refractivity contribution in [2.75, 3.05) is 19.5 Å². The Kier molecular flexibility index (Phi) is 5.63. The van der Waals surface area contributed by atoms with Crippen LogP contribution in [0, 0.1) is 19.1 Å². The monoisotopic (exact) mass is 241 g/mol. The SMILES string of the molecule is COCCCCSc1cc[n+]([O-])c(C)c1C. The van der Waals surface area contributed by atoms with Crippen molar-refractivity contribution < 1.29 is 9.47 Å². The number of nitrogens with zero attached hydrogens (tertiary/aromatic N) is 1. The molecule has 90 valence electrons. The maximum atomic E-state index is 11.3. The molecule has 0 N–H and O–H groups in total. The summed E-state index contributed by atoms with van der Waals surface area (Å²) in [4.78, 5) is 1.21. The predicted octanol–water partition coefficient (Wildman–Crippen LogP) is 2.46. The number of thioether (sulfide) groups is 1. The Morgan fingerprint density at radius 1 is 1.38 bits per heavy atom. The number of methoxy groups -OCH3 is 1. The predicted molar refractivity (Wildman–Crippen MR) is 66.7 cm³/mol. The molecule has 0 aliphatic heterocycles. The summed E-state index contributed by atoms with van der Waals surface area (Å²) in [5.41, 5.74) is 1.89. The molecule has 0 amide bonds. The normalized spacial score (nSPS) is 10.7. The number of hydrogen-bond acceptors (Lipinski definition) is 3. The summed E-state index contributed by atoms with van der Waals surface area (Å²) in [5, 5.41) is 11.3. The Balaban J connectivity index is 2.45. The summed E-state index contributed by atoms with van der Waals surface area (Å²) in [7, 11) is 1.73. The molecule has 1 heterocycles. The second-order valence-electron chi connectivity index (χ2n) is 3.76. The van der Waals surface area contributed by atoms with Crippen LogP contribution in [0.3, 0.4) is 0 Å². The van der Waals surface area contributed by atoms with E-state index < -0.39 is 0 Å². The molecule has 0 aliphatic rings. The molecular formula is C12H19NO2S. The van der Waals surface area contributed by atoms with Crippen molar-refractivity contribution in [3.63, 3.8) is 0 Å². The van der Waals surface area contributed by atoms with E-state index in [0.717, 1.165) is 41.2 Å². The summed E-state index contributed by atoms with van der Waals surface area (Å²) in [6.45, 7) is 4.69.